The van der Waals surface area contributed by atoms with Gasteiger partial charge in [-0.2, -0.15) is 15.8 Å². The fraction of sp³-hybridized carbons (Fsp3) is 0.188. The maximum atomic E-state index is 13.9. The molecule has 208 valence electrons. The molecular formula is C32H25BFN9. The predicted molar refractivity (Wildman–Crippen MR) is 162 cm³/mol. The Morgan fingerprint density at radius 3 is 2.44 bits per heavy atom. The minimum Gasteiger partial charge on any atom is -0.378 e. The molecule has 1 aliphatic rings. The number of nitrogens with zero attached hydrogens (tertiary/aromatic N) is 7. The summed E-state index contributed by atoms with van der Waals surface area (Å²) in [6, 6.07) is 25.8. The van der Waals surface area contributed by atoms with Gasteiger partial charge in [-0.3, -0.25) is 4.98 Å². The quantitative estimate of drug-likeness (QED) is 0.237. The minimum absolute atomic E-state index is 0.154. The largest absolute Gasteiger partial charge is 0.378 e. The topological polar surface area (TPSA) is 139 Å². The van der Waals surface area contributed by atoms with Gasteiger partial charge in [0.15, 0.2) is 0 Å². The van der Waals surface area contributed by atoms with Crippen LogP contribution in [0.1, 0.15) is 59.3 Å². The standard InChI is InChI=1S/C32H25BFN9/c33-32(23-6-8-24(34)9-7-23,29-19-43(42-41-29)26-10-11-26)40-25-14-21(16-36)30-27(15-25)31(22(17-37)18-38-30)39-28(12-13-35)20-4-2-1-3-5-20/h1-9,14-15,18-19,26,28,40H,10-12,33H2,(H,38,39)/t28-,32?/m1/s1. The first-order chi connectivity index (χ1) is 20.9. The molecule has 9 nitrogen and oxygen atoms in total. The van der Waals surface area contributed by atoms with Gasteiger partial charge in [-0.25, -0.2) is 9.07 Å². The van der Waals surface area contributed by atoms with Crippen LogP contribution in [0.4, 0.5) is 15.8 Å². The molecule has 2 N–H and O–H groups in total. The van der Waals surface area contributed by atoms with Crippen LogP contribution in [0.5, 0.6) is 0 Å². The van der Waals surface area contributed by atoms with Crippen LogP contribution in [-0.2, 0) is 5.44 Å². The van der Waals surface area contributed by atoms with Gasteiger partial charge in [0, 0.05) is 17.3 Å². The number of fused-ring (bicyclic) bond motifs is 1. The predicted octanol–water partition coefficient (Wildman–Crippen LogP) is 5.06. The van der Waals surface area contributed by atoms with Gasteiger partial charge in [0.05, 0.1) is 58.5 Å². The van der Waals surface area contributed by atoms with E-state index >= 15 is 0 Å². The minimum atomic E-state index is -0.956. The van der Waals surface area contributed by atoms with Crippen molar-refractivity contribution in [3.63, 3.8) is 0 Å². The summed E-state index contributed by atoms with van der Waals surface area (Å²) in [5.74, 6) is -0.360. The summed E-state index contributed by atoms with van der Waals surface area (Å²) in [6.45, 7) is 0. The monoisotopic (exact) mass is 565 g/mol. The first-order valence-corrected chi connectivity index (χ1v) is 13.9. The number of hydrogen-bond acceptors (Lipinski definition) is 8. The lowest BCUT2D eigenvalue weighted by Crippen LogP contribution is -2.38. The zero-order chi connectivity index (χ0) is 30.0. The molecule has 0 saturated heterocycles. The number of anilines is 2. The zero-order valence-corrected chi connectivity index (χ0v) is 23.3. The fourth-order valence-electron chi connectivity index (χ4n) is 5.28. The SMILES string of the molecule is BC(Nc1cc(C#N)c2ncc(C#N)c(N[C@H](CC#N)c3ccccc3)c2c1)(c1ccc(F)cc1)c1cn(C2CC2)nn1. The van der Waals surface area contributed by atoms with E-state index < -0.39 is 11.5 Å². The molecule has 0 spiro atoms. The van der Waals surface area contributed by atoms with Crippen LogP contribution in [0.2, 0.25) is 0 Å². The molecule has 1 unspecified atom stereocenters. The van der Waals surface area contributed by atoms with E-state index in [0.717, 1.165) is 24.0 Å². The van der Waals surface area contributed by atoms with Crippen molar-refractivity contribution in [3.8, 4) is 18.2 Å². The molecule has 1 fully saturated rings. The van der Waals surface area contributed by atoms with Crippen molar-refractivity contribution in [2.24, 2.45) is 0 Å². The fourth-order valence-corrected chi connectivity index (χ4v) is 5.28. The van der Waals surface area contributed by atoms with Gasteiger partial charge in [-0.05, 0) is 48.2 Å². The average Bonchev–Trinajstić information content (AvgIpc) is 3.76. The van der Waals surface area contributed by atoms with Gasteiger partial charge < -0.3 is 10.6 Å². The van der Waals surface area contributed by atoms with E-state index in [9.17, 15) is 20.2 Å². The lowest BCUT2D eigenvalue weighted by molar-refractivity contribution is 0.610. The van der Waals surface area contributed by atoms with Crippen molar-refractivity contribution in [3.05, 3.63) is 113 Å². The second-order valence-corrected chi connectivity index (χ2v) is 10.7. The van der Waals surface area contributed by atoms with Crippen LogP contribution in [0.15, 0.2) is 79.1 Å². The Hall–Kier alpha value is -5.73. The Bertz CT molecular complexity index is 1930. The van der Waals surface area contributed by atoms with Crippen LogP contribution in [0.3, 0.4) is 0 Å². The van der Waals surface area contributed by atoms with E-state index in [2.05, 4.69) is 44.1 Å². The molecule has 0 radical (unpaired) electrons. The molecule has 3 aromatic carbocycles. The molecule has 5 aromatic rings. The van der Waals surface area contributed by atoms with Crippen molar-refractivity contribution in [1.82, 2.24) is 20.0 Å². The van der Waals surface area contributed by atoms with Crippen LogP contribution >= 0.6 is 0 Å². The molecule has 2 atom stereocenters. The van der Waals surface area contributed by atoms with Crippen molar-refractivity contribution >= 4 is 30.1 Å². The number of pyridine rings is 1. The molecule has 0 amide bonds. The first-order valence-electron chi connectivity index (χ1n) is 13.9. The summed E-state index contributed by atoms with van der Waals surface area (Å²) in [4.78, 5) is 4.46. The zero-order valence-electron chi connectivity index (χ0n) is 23.3. The number of benzene rings is 3. The highest BCUT2D eigenvalue weighted by Crippen LogP contribution is 2.38. The second-order valence-electron chi connectivity index (χ2n) is 10.7. The van der Waals surface area contributed by atoms with Crippen LogP contribution in [-0.4, -0.2) is 27.8 Å². The summed E-state index contributed by atoms with van der Waals surface area (Å²) < 4.78 is 15.8. The van der Waals surface area contributed by atoms with E-state index in [4.69, 9.17) is 0 Å². The van der Waals surface area contributed by atoms with Gasteiger partial charge in [0.1, 0.15) is 31.5 Å². The summed E-state index contributed by atoms with van der Waals surface area (Å²) in [5, 5.41) is 46.1. The second kappa shape index (κ2) is 11.3. The number of hydrogen-bond donors (Lipinski definition) is 2. The van der Waals surface area contributed by atoms with Crippen LogP contribution in [0.25, 0.3) is 10.9 Å². The van der Waals surface area contributed by atoms with Gasteiger partial charge in [-0.15, -0.1) is 5.10 Å². The third-order valence-corrected chi connectivity index (χ3v) is 7.79. The molecule has 1 saturated carbocycles. The summed E-state index contributed by atoms with van der Waals surface area (Å²) in [7, 11) is 1.93. The highest BCUT2D eigenvalue weighted by Gasteiger charge is 2.34. The lowest BCUT2D eigenvalue weighted by Gasteiger charge is -2.31. The average molecular weight is 565 g/mol. The maximum absolute atomic E-state index is 13.9. The Kier molecular flexibility index (Phi) is 7.20. The van der Waals surface area contributed by atoms with Gasteiger partial charge in [0.25, 0.3) is 0 Å². The van der Waals surface area contributed by atoms with Crippen molar-refractivity contribution in [2.75, 3.05) is 10.6 Å². The number of rotatable bonds is 9. The highest BCUT2D eigenvalue weighted by atomic mass is 19.1. The lowest BCUT2D eigenvalue weighted by atomic mass is 9.69. The van der Waals surface area contributed by atoms with Crippen LogP contribution < -0.4 is 10.6 Å². The molecule has 43 heavy (non-hydrogen) atoms. The van der Waals surface area contributed by atoms with E-state index in [0.29, 0.717) is 39.6 Å². The Morgan fingerprint density at radius 1 is 1.02 bits per heavy atom. The van der Waals surface area contributed by atoms with E-state index in [1.165, 1.54) is 18.3 Å². The first kappa shape index (κ1) is 27.4. The van der Waals surface area contributed by atoms with Gasteiger partial charge in [-0.1, -0.05) is 47.7 Å². The van der Waals surface area contributed by atoms with E-state index in [1.54, 1.807) is 18.2 Å². The van der Waals surface area contributed by atoms with Gasteiger partial charge >= 0.3 is 0 Å². The molecule has 0 bridgehead atoms. The van der Waals surface area contributed by atoms with Crippen molar-refractivity contribution < 1.29 is 4.39 Å². The molecular weight excluding hydrogens is 540 g/mol. The normalized spacial score (nSPS) is 14.6. The Labute approximate surface area is 248 Å². The molecule has 1 aliphatic carbocycles. The van der Waals surface area contributed by atoms with Gasteiger partial charge in [0.2, 0.25) is 0 Å². The molecule has 11 heteroatoms. The highest BCUT2D eigenvalue weighted by molar-refractivity contribution is 6.19. The van der Waals surface area contributed by atoms with Crippen molar-refractivity contribution in [1.29, 1.82) is 15.8 Å². The Balaban J connectivity index is 1.49. The smallest absolute Gasteiger partial charge is 0.148 e. The van der Waals surface area contributed by atoms with E-state index in [1.807, 2.05) is 55.1 Å². The summed E-state index contributed by atoms with van der Waals surface area (Å²) in [5.41, 5.74) is 3.33. The van der Waals surface area contributed by atoms with Crippen LogP contribution in [0, 0.1) is 39.8 Å². The maximum Gasteiger partial charge on any atom is 0.148 e. The third kappa shape index (κ3) is 5.35. The number of aromatic nitrogens is 4. The Morgan fingerprint density at radius 2 is 1.77 bits per heavy atom. The number of nitrogens with one attached hydrogen (secondary N) is 2. The summed E-state index contributed by atoms with van der Waals surface area (Å²) >= 11 is 0. The van der Waals surface area contributed by atoms with Crippen molar-refractivity contribution in [2.45, 2.75) is 36.8 Å². The number of nitriles is 3. The third-order valence-electron chi connectivity index (χ3n) is 7.79. The summed E-state index contributed by atoms with van der Waals surface area (Å²) in [6.07, 6.45) is 5.57. The molecule has 6 rings (SSSR count). The molecule has 2 heterocycles. The van der Waals surface area contributed by atoms with E-state index in [-0.39, 0.29) is 17.8 Å². The number of halogens is 1. The molecule has 0 aliphatic heterocycles. The molecule has 2 aromatic heterocycles.